The zero-order chi connectivity index (χ0) is 34.9. The molecule has 1 aromatic carbocycles. The van der Waals surface area contributed by atoms with Gasteiger partial charge in [-0.1, -0.05) is 13.8 Å². The molecule has 24 heteroatoms. The summed E-state index contributed by atoms with van der Waals surface area (Å²) in [6.07, 6.45) is -1.89. The van der Waals surface area contributed by atoms with Crippen LogP contribution in [-0.4, -0.2) is 63.0 Å². The zero-order valence-electron chi connectivity index (χ0n) is 24.4. The van der Waals surface area contributed by atoms with E-state index in [-0.39, 0.29) is 47.2 Å². The molecule has 1 fully saturated rings. The van der Waals surface area contributed by atoms with Crippen LogP contribution in [0.4, 0.5) is 11.5 Å². The number of hydrogen-bond donors (Lipinski definition) is 6. The first-order valence-corrected chi connectivity index (χ1v) is 17.8. The highest BCUT2D eigenvalue weighted by atomic mass is 31.3. The fourth-order valence-corrected chi connectivity index (χ4v) is 7.89. The van der Waals surface area contributed by atoms with Crippen LogP contribution in [0, 0.1) is 27.4 Å². The lowest BCUT2D eigenvalue weighted by Crippen LogP contribution is -2.26. The Kier molecular flexibility index (Phi) is 11.0. The molecule has 1 saturated heterocycles. The van der Waals surface area contributed by atoms with Crippen LogP contribution in [0.15, 0.2) is 30.7 Å². The van der Waals surface area contributed by atoms with Crippen molar-refractivity contribution in [2.45, 2.75) is 51.4 Å². The van der Waals surface area contributed by atoms with Crippen LogP contribution in [0.25, 0.3) is 11.0 Å². The Balaban J connectivity index is 1.55. The van der Waals surface area contributed by atoms with Gasteiger partial charge in [0.05, 0.1) is 52.9 Å². The molecule has 6 atom stereocenters. The largest absolute Gasteiger partial charge is 0.490 e. The van der Waals surface area contributed by atoms with Crippen molar-refractivity contribution < 1.29 is 65.9 Å². The summed E-state index contributed by atoms with van der Waals surface area (Å²) in [7, 11) is -16.8. The van der Waals surface area contributed by atoms with E-state index in [1.54, 1.807) is 13.8 Å². The molecule has 21 nitrogen and oxygen atoms in total. The second-order valence-electron chi connectivity index (χ2n) is 10.5. The van der Waals surface area contributed by atoms with E-state index >= 15 is 0 Å². The summed E-state index contributed by atoms with van der Waals surface area (Å²) in [5, 5.41) is 32.0. The maximum Gasteiger partial charge on any atom is 0.490 e. The van der Waals surface area contributed by atoms with Crippen molar-refractivity contribution in [3.05, 3.63) is 57.5 Å². The number of nitriles is 1. The van der Waals surface area contributed by atoms with Crippen molar-refractivity contribution in [2.24, 2.45) is 5.92 Å². The van der Waals surface area contributed by atoms with Crippen LogP contribution in [-0.2, 0) is 42.9 Å². The number of nitro benzene ring substituents is 1. The molecule has 0 amide bonds. The van der Waals surface area contributed by atoms with Gasteiger partial charge in [-0.25, -0.2) is 23.7 Å². The average molecular weight is 722 g/mol. The van der Waals surface area contributed by atoms with Crippen molar-refractivity contribution in [1.82, 2.24) is 14.5 Å². The van der Waals surface area contributed by atoms with E-state index in [0.29, 0.717) is 10.9 Å². The molecule has 47 heavy (non-hydrogen) atoms. The lowest BCUT2D eigenvalue weighted by Gasteiger charge is -2.22. The molecule has 2 unspecified atom stereocenters. The number of nitrogens with zero attached hydrogens (tertiary/aromatic N) is 5. The van der Waals surface area contributed by atoms with Crippen LogP contribution in [0.5, 0.6) is 0 Å². The summed E-state index contributed by atoms with van der Waals surface area (Å²) in [6.45, 7) is 2.52. The topological polar surface area (TPSA) is 322 Å². The number of anilines is 1. The molecule has 4 rings (SSSR count). The summed E-state index contributed by atoms with van der Waals surface area (Å²) in [5.41, 5.74) is 6.98. The highest BCUT2D eigenvalue weighted by molar-refractivity contribution is 7.66. The minimum absolute atomic E-state index is 0.0497. The minimum atomic E-state index is -5.75. The highest BCUT2D eigenvalue weighted by Crippen LogP contribution is 2.66. The molecule has 0 spiro atoms. The Morgan fingerprint density at radius 3 is 2.51 bits per heavy atom. The monoisotopic (exact) mass is 722 g/mol. The van der Waals surface area contributed by atoms with Crippen LogP contribution < -0.4 is 5.73 Å². The average Bonchev–Trinajstić information content (AvgIpc) is 3.50. The number of ether oxygens (including phenoxy) is 2. The summed E-state index contributed by atoms with van der Waals surface area (Å²) in [4.78, 5) is 55.8. The van der Waals surface area contributed by atoms with Crippen molar-refractivity contribution >= 4 is 46.0 Å². The fraction of sp³-hybridized carbons (Fsp3) is 0.435. The number of nitrogens with two attached hydrogens (primary N) is 1. The summed E-state index contributed by atoms with van der Waals surface area (Å²) in [6, 6.07) is 5.91. The van der Waals surface area contributed by atoms with E-state index in [4.69, 9.17) is 25.0 Å². The molecule has 0 aliphatic carbocycles. The first-order chi connectivity index (χ1) is 21.8. The number of fused-ring (bicyclic) bond motifs is 1. The molecule has 1 aliphatic heterocycles. The Labute approximate surface area is 265 Å². The molecule has 256 valence electrons. The van der Waals surface area contributed by atoms with Crippen LogP contribution in [0.1, 0.15) is 49.3 Å². The quantitative estimate of drug-likeness (QED) is 0.0791. The summed E-state index contributed by atoms with van der Waals surface area (Å²) in [5.74, 6) is -0.234. The smallest absolute Gasteiger partial charge is 0.390 e. The van der Waals surface area contributed by atoms with Crippen molar-refractivity contribution in [3.8, 4) is 6.07 Å². The molecule has 2 aromatic heterocycles. The Morgan fingerprint density at radius 2 is 1.89 bits per heavy atom. The normalized spacial score (nSPS) is 21.7. The first kappa shape index (κ1) is 36.7. The summed E-state index contributed by atoms with van der Waals surface area (Å²) >= 11 is 0. The maximum absolute atomic E-state index is 12.1. The van der Waals surface area contributed by atoms with E-state index in [9.17, 15) is 44.0 Å². The number of aliphatic hydroxyl groups excluding tert-OH is 1. The standard InChI is InChI=1S/C23H29N6O15P3/c1-12(2)21(15-5-13(7-24)3-4-16(15)29(31)32)40-9-14-8-28(23-20(14)22(25)26-11-27-23)19-6-17(30)18(42-19)10-41-46(36,37)44-47(38,39)43-45(33,34)35/h3-5,8,11-12,17-19,21,30H,6,9-10H2,1-2H3,(H,36,37)(H,38,39)(H2,25,26,27)(H2,33,34,35)/t17-,18+,19+,21+/m0/s1. The zero-order valence-corrected chi connectivity index (χ0v) is 27.1. The van der Waals surface area contributed by atoms with E-state index < -0.39 is 59.5 Å². The predicted octanol–water partition coefficient (Wildman–Crippen LogP) is 2.70. The van der Waals surface area contributed by atoms with E-state index in [1.165, 1.54) is 35.3 Å². The van der Waals surface area contributed by atoms with Gasteiger partial charge in [0.25, 0.3) is 5.69 Å². The molecule has 0 radical (unpaired) electrons. The van der Waals surface area contributed by atoms with Crippen LogP contribution >= 0.6 is 23.5 Å². The van der Waals surface area contributed by atoms with E-state index in [0.717, 1.165) is 0 Å². The van der Waals surface area contributed by atoms with Gasteiger partial charge in [0.2, 0.25) is 0 Å². The SMILES string of the molecule is CC(C)[C@@H](OCc1cn([C@H]2C[C@H](O)[C@@H](COP(=O)(O)OP(=O)(O)OP(=O)(O)O)O2)c2ncnc(N)c12)c1cc(C#N)ccc1[N+](=O)[O-]. The lowest BCUT2D eigenvalue weighted by molar-refractivity contribution is -0.386. The number of hydrogen-bond acceptors (Lipinski definition) is 15. The van der Waals surface area contributed by atoms with Crippen LogP contribution in [0.3, 0.4) is 0 Å². The molecule has 0 bridgehead atoms. The van der Waals surface area contributed by atoms with Crippen molar-refractivity contribution in [3.63, 3.8) is 0 Å². The third-order valence-electron chi connectivity index (χ3n) is 6.73. The Bertz CT molecular complexity index is 1840. The van der Waals surface area contributed by atoms with Gasteiger partial charge in [-0.15, -0.1) is 0 Å². The first-order valence-electron chi connectivity index (χ1n) is 13.3. The van der Waals surface area contributed by atoms with Gasteiger partial charge in [0, 0.05) is 24.2 Å². The Morgan fingerprint density at radius 1 is 1.19 bits per heavy atom. The summed E-state index contributed by atoms with van der Waals surface area (Å²) < 4.78 is 59.9. The predicted molar refractivity (Wildman–Crippen MR) is 156 cm³/mol. The number of aromatic nitrogens is 3. The van der Waals surface area contributed by atoms with Crippen LogP contribution in [0.2, 0.25) is 0 Å². The molecule has 3 heterocycles. The second kappa shape index (κ2) is 14.1. The van der Waals surface area contributed by atoms with Gasteiger partial charge in [-0.05, 0) is 18.1 Å². The third kappa shape index (κ3) is 9.04. The number of rotatable bonds is 14. The lowest BCUT2D eigenvalue weighted by atomic mass is 9.95. The Hall–Kier alpha value is -3.18. The number of phosphoric ester groups is 1. The fourth-order valence-electron chi connectivity index (χ4n) is 4.86. The van der Waals surface area contributed by atoms with Gasteiger partial charge >= 0.3 is 23.5 Å². The van der Waals surface area contributed by atoms with Gasteiger partial charge in [0.15, 0.2) is 0 Å². The third-order valence-corrected chi connectivity index (χ3v) is 10.5. The number of nitro groups is 1. The van der Waals surface area contributed by atoms with E-state index in [2.05, 4.69) is 23.1 Å². The maximum atomic E-state index is 12.1. The molecule has 3 aromatic rings. The number of phosphoric acid groups is 3. The highest BCUT2D eigenvalue weighted by Gasteiger charge is 2.43. The number of benzene rings is 1. The number of aliphatic hydroxyl groups is 1. The molecule has 0 saturated carbocycles. The molecular formula is C23H29N6O15P3. The molecule has 1 aliphatic rings. The van der Waals surface area contributed by atoms with Gasteiger partial charge in [-0.3, -0.25) is 14.6 Å². The van der Waals surface area contributed by atoms with Gasteiger partial charge in [0.1, 0.15) is 30.1 Å². The van der Waals surface area contributed by atoms with Gasteiger partial charge < -0.3 is 44.5 Å². The molecule has 7 N–H and O–H groups in total. The number of nitrogen functional groups attached to an aromatic ring is 1. The van der Waals surface area contributed by atoms with Crippen molar-refractivity contribution in [1.29, 1.82) is 5.26 Å². The van der Waals surface area contributed by atoms with Crippen molar-refractivity contribution in [2.75, 3.05) is 12.3 Å². The molecular weight excluding hydrogens is 693 g/mol. The second-order valence-corrected chi connectivity index (χ2v) is 14.9. The minimum Gasteiger partial charge on any atom is -0.390 e. The van der Waals surface area contributed by atoms with E-state index in [1.807, 2.05) is 6.07 Å². The van der Waals surface area contributed by atoms with Gasteiger partial charge in [-0.2, -0.15) is 13.9 Å².